The van der Waals surface area contributed by atoms with Gasteiger partial charge in [-0.15, -0.1) is 0 Å². The molecule has 0 aromatic carbocycles. The van der Waals surface area contributed by atoms with Crippen LogP contribution < -0.4 is 0 Å². The monoisotopic (exact) mass is 611 g/mol. The van der Waals surface area contributed by atoms with E-state index in [1.807, 2.05) is 20.8 Å². The zero-order valence-corrected chi connectivity index (χ0v) is 28.4. The first kappa shape index (κ1) is 41.1. The van der Waals surface area contributed by atoms with Gasteiger partial charge in [0.05, 0.1) is 6.54 Å². The SMILES string of the molecule is CCC/C=C/CCCCCCCCCCCCCCCC[N+](C(CCC)C(=O)O)(C(CCC)C(=O)O)C(CCC)C(=O)O. The van der Waals surface area contributed by atoms with E-state index in [9.17, 15) is 29.7 Å². The first-order chi connectivity index (χ1) is 20.7. The Bertz CT molecular complexity index is 692. The molecule has 0 saturated carbocycles. The molecule has 0 amide bonds. The summed E-state index contributed by atoms with van der Waals surface area (Å²) < 4.78 is -0.370. The number of carbonyl (C=O) groups is 3. The topological polar surface area (TPSA) is 112 Å². The molecule has 7 nitrogen and oxygen atoms in total. The molecule has 0 bridgehead atoms. The quantitative estimate of drug-likeness (QED) is 0.0409. The maximum absolute atomic E-state index is 12.6. The summed E-state index contributed by atoms with van der Waals surface area (Å²) in [7, 11) is 0. The maximum Gasteiger partial charge on any atom is 0.362 e. The lowest BCUT2D eigenvalue weighted by Gasteiger charge is -2.50. The summed E-state index contributed by atoms with van der Waals surface area (Å²) in [4.78, 5) is 37.8. The molecule has 3 unspecified atom stereocenters. The van der Waals surface area contributed by atoms with E-state index in [2.05, 4.69) is 19.1 Å². The summed E-state index contributed by atoms with van der Waals surface area (Å²) in [5.41, 5.74) is 0. The Balaban J connectivity index is 4.79. The van der Waals surface area contributed by atoms with Gasteiger partial charge in [0.1, 0.15) is 0 Å². The van der Waals surface area contributed by atoms with Crippen molar-refractivity contribution in [3.8, 4) is 0 Å². The number of quaternary nitrogens is 1. The van der Waals surface area contributed by atoms with Crippen LogP contribution in [0.3, 0.4) is 0 Å². The summed E-state index contributed by atoms with van der Waals surface area (Å²) in [6, 6.07) is -3.13. The fraction of sp³-hybridized carbons (Fsp3) is 0.861. The molecule has 0 saturated heterocycles. The minimum atomic E-state index is -1.08. The normalized spacial score (nSPS) is 15.3. The average Bonchev–Trinajstić information content (AvgIpc) is 2.97. The number of carboxylic acids is 3. The standard InChI is InChI=1S/C36H67NO6/c1-5-9-10-11-12-13-14-15-16-17-18-19-20-21-22-23-24-25-26-30-37(31(27-6-2)34(38)39,32(28-7-3)35(40)41)33(29-8-4)36(42)43/h10-11,31-33H,5-9,12-30H2,1-4H3,(H2-,38,39,40,41,42,43)/p+1/b11-10+. The molecular weight excluding hydrogens is 542 g/mol. The number of nitrogens with zero attached hydrogens (tertiary/aromatic N) is 1. The second-order valence-corrected chi connectivity index (χ2v) is 12.6. The van der Waals surface area contributed by atoms with Crippen molar-refractivity contribution in [2.45, 2.75) is 193 Å². The van der Waals surface area contributed by atoms with Crippen LogP contribution in [0, 0.1) is 0 Å². The van der Waals surface area contributed by atoms with E-state index < -0.39 is 36.0 Å². The molecular formula is C36H68NO6+. The molecule has 3 atom stereocenters. The van der Waals surface area contributed by atoms with Gasteiger partial charge in [0.2, 0.25) is 0 Å². The van der Waals surface area contributed by atoms with Crippen molar-refractivity contribution in [2.75, 3.05) is 6.54 Å². The smallest absolute Gasteiger partial charge is 0.362 e. The molecule has 0 spiro atoms. The van der Waals surface area contributed by atoms with E-state index in [1.165, 1.54) is 83.5 Å². The molecule has 0 aliphatic rings. The zero-order valence-electron chi connectivity index (χ0n) is 28.4. The Labute approximate surface area is 264 Å². The number of rotatable bonds is 31. The summed E-state index contributed by atoms with van der Waals surface area (Å²) in [5.74, 6) is -3.25. The van der Waals surface area contributed by atoms with Gasteiger partial charge in [-0.3, -0.25) is 4.48 Å². The minimum Gasteiger partial charge on any atom is -0.477 e. The average molecular weight is 611 g/mol. The lowest BCUT2D eigenvalue weighted by molar-refractivity contribution is -0.973. The van der Waals surface area contributed by atoms with Crippen LogP contribution in [0.15, 0.2) is 12.2 Å². The molecule has 0 aromatic rings. The van der Waals surface area contributed by atoms with Crippen molar-refractivity contribution in [3.05, 3.63) is 12.2 Å². The second-order valence-electron chi connectivity index (χ2n) is 12.6. The molecule has 7 heteroatoms. The molecule has 0 aromatic heterocycles. The highest BCUT2D eigenvalue weighted by molar-refractivity contribution is 5.78. The van der Waals surface area contributed by atoms with Gasteiger partial charge in [0.25, 0.3) is 0 Å². The molecule has 0 aliphatic heterocycles. The highest BCUT2D eigenvalue weighted by Crippen LogP contribution is 2.34. The molecule has 0 rings (SSSR count). The van der Waals surface area contributed by atoms with Crippen LogP contribution in [-0.4, -0.2) is 62.4 Å². The van der Waals surface area contributed by atoms with Crippen LogP contribution in [0.4, 0.5) is 0 Å². The zero-order chi connectivity index (χ0) is 32.3. The van der Waals surface area contributed by atoms with Crippen molar-refractivity contribution >= 4 is 17.9 Å². The Morgan fingerprint density at radius 3 is 1.07 bits per heavy atom. The van der Waals surface area contributed by atoms with Crippen molar-refractivity contribution in [3.63, 3.8) is 0 Å². The number of unbranched alkanes of at least 4 members (excludes halogenated alkanes) is 15. The number of allylic oxidation sites excluding steroid dienone is 2. The van der Waals surface area contributed by atoms with Crippen LogP contribution in [0.1, 0.15) is 175 Å². The fourth-order valence-electron chi connectivity index (χ4n) is 6.82. The van der Waals surface area contributed by atoms with Gasteiger partial charge in [-0.2, -0.15) is 0 Å². The van der Waals surface area contributed by atoms with E-state index in [0.29, 0.717) is 25.7 Å². The first-order valence-electron chi connectivity index (χ1n) is 17.9. The Morgan fingerprint density at radius 2 is 0.767 bits per heavy atom. The Hall–Kier alpha value is -1.89. The summed E-state index contributed by atoms with van der Waals surface area (Å²) in [6.07, 6.45) is 27.4. The Kier molecular flexibility index (Phi) is 25.3. The molecule has 252 valence electrons. The molecule has 0 aliphatic carbocycles. The van der Waals surface area contributed by atoms with Gasteiger partial charge in [-0.25, -0.2) is 14.4 Å². The van der Waals surface area contributed by atoms with E-state index >= 15 is 0 Å². The first-order valence-corrected chi connectivity index (χ1v) is 17.9. The fourth-order valence-corrected chi connectivity index (χ4v) is 6.82. The molecule has 3 N–H and O–H groups in total. The van der Waals surface area contributed by atoms with Crippen LogP contribution >= 0.6 is 0 Å². The van der Waals surface area contributed by atoms with Crippen molar-refractivity contribution in [1.82, 2.24) is 0 Å². The Morgan fingerprint density at radius 1 is 0.465 bits per heavy atom. The number of carboxylic acid groups (broad SMARTS) is 3. The second kappa shape index (κ2) is 26.5. The number of hydrogen-bond donors (Lipinski definition) is 3. The third-order valence-corrected chi connectivity index (χ3v) is 9.07. The van der Waals surface area contributed by atoms with Crippen LogP contribution in [-0.2, 0) is 14.4 Å². The van der Waals surface area contributed by atoms with Gasteiger partial charge in [0.15, 0.2) is 18.1 Å². The lowest BCUT2D eigenvalue weighted by atomic mass is 9.91. The predicted octanol–water partition coefficient (Wildman–Crippen LogP) is 9.77. The molecule has 0 heterocycles. The summed E-state index contributed by atoms with van der Waals surface area (Å²) in [5, 5.41) is 30.9. The molecule has 0 radical (unpaired) electrons. The highest BCUT2D eigenvalue weighted by Gasteiger charge is 2.56. The minimum absolute atomic E-state index is 0.271. The summed E-state index contributed by atoms with van der Waals surface area (Å²) in [6.45, 7) is 8.13. The van der Waals surface area contributed by atoms with E-state index in [-0.39, 0.29) is 30.3 Å². The van der Waals surface area contributed by atoms with E-state index in [0.717, 1.165) is 19.3 Å². The van der Waals surface area contributed by atoms with Crippen LogP contribution in [0.25, 0.3) is 0 Å². The molecule has 0 fully saturated rings. The molecule has 43 heavy (non-hydrogen) atoms. The van der Waals surface area contributed by atoms with Gasteiger partial charge in [-0.1, -0.05) is 117 Å². The van der Waals surface area contributed by atoms with E-state index in [4.69, 9.17) is 0 Å². The maximum atomic E-state index is 12.6. The summed E-state index contributed by atoms with van der Waals surface area (Å²) >= 11 is 0. The van der Waals surface area contributed by atoms with Gasteiger partial charge in [0, 0.05) is 19.3 Å². The van der Waals surface area contributed by atoms with Gasteiger partial charge < -0.3 is 15.3 Å². The third-order valence-electron chi connectivity index (χ3n) is 9.07. The number of aliphatic carboxylic acids is 3. The van der Waals surface area contributed by atoms with Crippen molar-refractivity contribution < 1.29 is 34.2 Å². The van der Waals surface area contributed by atoms with Gasteiger partial charge >= 0.3 is 17.9 Å². The van der Waals surface area contributed by atoms with Crippen LogP contribution in [0.2, 0.25) is 0 Å². The van der Waals surface area contributed by atoms with Crippen LogP contribution in [0.5, 0.6) is 0 Å². The lowest BCUT2D eigenvalue weighted by Crippen LogP contribution is -2.72. The van der Waals surface area contributed by atoms with Gasteiger partial charge in [-0.05, 0) is 51.4 Å². The van der Waals surface area contributed by atoms with Crippen molar-refractivity contribution in [1.29, 1.82) is 0 Å². The van der Waals surface area contributed by atoms with Crippen molar-refractivity contribution in [2.24, 2.45) is 0 Å². The third kappa shape index (κ3) is 16.7. The highest BCUT2D eigenvalue weighted by atomic mass is 16.4. The number of hydrogen-bond acceptors (Lipinski definition) is 3. The largest absolute Gasteiger partial charge is 0.477 e. The van der Waals surface area contributed by atoms with E-state index in [1.54, 1.807) is 0 Å². The predicted molar refractivity (Wildman–Crippen MR) is 177 cm³/mol.